The standard InChI is InChI=1S/C14H25N/c1-12-7-5-6-8-13(12)11-15-14-9-3-2-4-10-14/h2-3,12-15H,4-11H2,1H3. The molecule has 0 heterocycles. The molecule has 0 spiro atoms. The van der Waals surface area contributed by atoms with Gasteiger partial charge >= 0.3 is 0 Å². The Hall–Kier alpha value is -0.300. The number of allylic oxidation sites excluding steroid dienone is 1. The molecule has 0 aromatic carbocycles. The molecule has 2 aliphatic rings. The molecule has 1 N–H and O–H groups in total. The second kappa shape index (κ2) is 5.69. The van der Waals surface area contributed by atoms with E-state index in [1.165, 1.54) is 51.5 Å². The lowest BCUT2D eigenvalue weighted by Crippen LogP contribution is -2.36. The molecule has 86 valence electrons. The van der Waals surface area contributed by atoms with E-state index in [9.17, 15) is 0 Å². The Balaban J connectivity index is 1.69. The Morgan fingerprint density at radius 3 is 2.73 bits per heavy atom. The van der Waals surface area contributed by atoms with Crippen LogP contribution in [0.5, 0.6) is 0 Å². The van der Waals surface area contributed by atoms with Crippen LogP contribution in [0.2, 0.25) is 0 Å². The van der Waals surface area contributed by atoms with Crippen LogP contribution in [0.15, 0.2) is 12.2 Å². The normalized spacial score (nSPS) is 36.7. The van der Waals surface area contributed by atoms with Crippen molar-refractivity contribution < 1.29 is 0 Å². The maximum atomic E-state index is 3.77. The van der Waals surface area contributed by atoms with Crippen LogP contribution >= 0.6 is 0 Å². The van der Waals surface area contributed by atoms with E-state index in [0.717, 1.165) is 17.9 Å². The summed E-state index contributed by atoms with van der Waals surface area (Å²) in [5.74, 6) is 1.90. The van der Waals surface area contributed by atoms with Gasteiger partial charge in [-0.05, 0) is 44.1 Å². The van der Waals surface area contributed by atoms with Crippen molar-refractivity contribution in [2.24, 2.45) is 11.8 Å². The molecule has 0 aromatic heterocycles. The van der Waals surface area contributed by atoms with E-state index in [1.54, 1.807) is 0 Å². The van der Waals surface area contributed by atoms with Crippen LogP contribution in [-0.4, -0.2) is 12.6 Å². The minimum absolute atomic E-state index is 0.768. The van der Waals surface area contributed by atoms with Crippen LogP contribution in [0, 0.1) is 11.8 Å². The molecule has 1 heteroatoms. The molecule has 2 rings (SSSR count). The summed E-state index contributed by atoms with van der Waals surface area (Å²) in [7, 11) is 0. The molecular formula is C14H25N. The van der Waals surface area contributed by atoms with Gasteiger partial charge < -0.3 is 5.32 Å². The molecule has 0 aliphatic heterocycles. The molecule has 1 nitrogen and oxygen atoms in total. The largest absolute Gasteiger partial charge is 0.313 e. The van der Waals surface area contributed by atoms with Crippen molar-refractivity contribution in [1.29, 1.82) is 0 Å². The quantitative estimate of drug-likeness (QED) is 0.698. The lowest BCUT2D eigenvalue weighted by Gasteiger charge is -2.31. The van der Waals surface area contributed by atoms with Gasteiger partial charge in [-0.2, -0.15) is 0 Å². The first-order chi connectivity index (χ1) is 7.36. The van der Waals surface area contributed by atoms with E-state index in [1.807, 2.05) is 0 Å². The van der Waals surface area contributed by atoms with Crippen molar-refractivity contribution in [3.8, 4) is 0 Å². The summed E-state index contributed by atoms with van der Waals surface area (Å²) in [4.78, 5) is 0. The van der Waals surface area contributed by atoms with E-state index < -0.39 is 0 Å². The summed E-state index contributed by atoms with van der Waals surface area (Å²) in [6.07, 6.45) is 14.4. The molecule has 0 bridgehead atoms. The molecule has 0 radical (unpaired) electrons. The van der Waals surface area contributed by atoms with E-state index in [0.29, 0.717) is 0 Å². The summed E-state index contributed by atoms with van der Waals surface area (Å²) in [5, 5.41) is 3.77. The van der Waals surface area contributed by atoms with Crippen molar-refractivity contribution in [2.75, 3.05) is 6.54 Å². The smallest absolute Gasteiger partial charge is 0.0105 e. The third-order valence-corrected chi connectivity index (χ3v) is 4.23. The minimum Gasteiger partial charge on any atom is -0.313 e. The second-order valence-electron chi connectivity index (χ2n) is 5.41. The highest BCUT2D eigenvalue weighted by atomic mass is 14.9. The maximum Gasteiger partial charge on any atom is 0.0105 e. The van der Waals surface area contributed by atoms with Crippen molar-refractivity contribution in [1.82, 2.24) is 5.32 Å². The van der Waals surface area contributed by atoms with E-state index in [4.69, 9.17) is 0 Å². The first kappa shape index (κ1) is 11.2. The predicted molar refractivity (Wildman–Crippen MR) is 65.9 cm³/mol. The van der Waals surface area contributed by atoms with Gasteiger partial charge in [-0.3, -0.25) is 0 Å². The van der Waals surface area contributed by atoms with E-state index >= 15 is 0 Å². The first-order valence-electron chi connectivity index (χ1n) is 6.74. The summed E-state index contributed by atoms with van der Waals surface area (Å²) >= 11 is 0. The summed E-state index contributed by atoms with van der Waals surface area (Å²) in [5.41, 5.74) is 0. The van der Waals surface area contributed by atoms with Crippen LogP contribution in [0.3, 0.4) is 0 Å². The fraction of sp³-hybridized carbons (Fsp3) is 0.857. The summed E-state index contributed by atoms with van der Waals surface area (Å²) < 4.78 is 0. The Morgan fingerprint density at radius 2 is 2.00 bits per heavy atom. The minimum atomic E-state index is 0.768. The van der Waals surface area contributed by atoms with Crippen molar-refractivity contribution in [3.63, 3.8) is 0 Å². The first-order valence-corrected chi connectivity index (χ1v) is 6.74. The number of nitrogens with one attached hydrogen (secondary N) is 1. The molecule has 1 saturated carbocycles. The van der Waals surface area contributed by atoms with Gasteiger partial charge in [0.25, 0.3) is 0 Å². The molecule has 3 atom stereocenters. The molecule has 15 heavy (non-hydrogen) atoms. The van der Waals surface area contributed by atoms with Crippen LogP contribution in [0.4, 0.5) is 0 Å². The average molecular weight is 207 g/mol. The summed E-state index contributed by atoms with van der Waals surface area (Å²) in [6.45, 7) is 3.70. The highest BCUT2D eigenvalue weighted by Gasteiger charge is 2.21. The second-order valence-corrected chi connectivity index (χ2v) is 5.41. The van der Waals surface area contributed by atoms with E-state index in [-0.39, 0.29) is 0 Å². The van der Waals surface area contributed by atoms with Gasteiger partial charge in [0.2, 0.25) is 0 Å². The van der Waals surface area contributed by atoms with Crippen LogP contribution in [-0.2, 0) is 0 Å². The zero-order valence-electron chi connectivity index (χ0n) is 10.0. The summed E-state index contributed by atoms with van der Waals surface area (Å²) in [6, 6.07) is 0.768. The molecule has 0 amide bonds. The Labute approximate surface area is 94.3 Å². The lowest BCUT2D eigenvalue weighted by atomic mass is 9.80. The third-order valence-electron chi connectivity index (χ3n) is 4.23. The number of hydrogen-bond donors (Lipinski definition) is 1. The van der Waals surface area contributed by atoms with Crippen molar-refractivity contribution in [2.45, 2.75) is 57.9 Å². The van der Waals surface area contributed by atoms with Gasteiger partial charge in [-0.15, -0.1) is 0 Å². The zero-order valence-corrected chi connectivity index (χ0v) is 10.0. The SMILES string of the molecule is CC1CCCCC1CNC1CC=CCC1. The Morgan fingerprint density at radius 1 is 1.13 bits per heavy atom. The van der Waals surface area contributed by atoms with Crippen LogP contribution in [0.1, 0.15) is 51.9 Å². The molecule has 2 aliphatic carbocycles. The predicted octanol–water partition coefficient (Wildman–Crippen LogP) is 3.51. The molecule has 0 saturated heterocycles. The fourth-order valence-electron chi connectivity index (χ4n) is 2.99. The van der Waals surface area contributed by atoms with Crippen LogP contribution < -0.4 is 5.32 Å². The van der Waals surface area contributed by atoms with Gasteiger partial charge in [-0.25, -0.2) is 0 Å². The molecular weight excluding hydrogens is 182 g/mol. The molecule has 0 aromatic rings. The van der Waals surface area contributed by atoms with Gasteiger partial charge in [0, 0.05) is 6.04 Å². The highest BCUT2D eigenvalue weighted by molar-refractivity contribution is 4.93. The molecule has 3 unspecified atom stereocenters. The number of hydrogen-bond acceptors (Lipinski definition) is 1. The fourth-order valence-corrected chi connectivity index (χ4v) is 2.99. The van der Waals surface area contributed by atoms with Crippen molar-refractivity contribution >= 4 is 0 Å². The monoisotopic (exact) mass is 207 g/mol. The Kier molecular flexibility index (Phi) is 4.25. The third kappa shape index (κ3) is 3.34. The van der Waals surface area contributed by atoms with Gasteiger partial charge in [0.15, 0.2) is 0 Å². The van der Waals surface area contributed by atoms with Crippen LogP contribution in [0.25, 0.3) is 0 Å². The maximum absolute atomic E-state index is 3.77. The van der Waals surface area contributed by atoms with Gasteiger partial charge in [0.1, 0.15) is 0 Å². The highest BCUT2D eigenvalue weighted by Crippen LogP contribution is 2.29. The zero-order chi connectivity index (χ0) is 10.5. The van der Waals surface area contributed by atoms with Gasteiger partial charge in [-0.1, -0.05) is 38.3 Å². The van der Waals surface area contributed by atoms with E-state index in [2.05, 4.69) is 24.4 Å². The average Bonchev–Trinajstić information content (AvgIpc) is 2.29. The number of rotatable bonds is 3. The topological polar surface area (TPSA) is 12.0 Å². The molecule has 1 fully saturated rings. The Bertz CT molecular complexity index is 209. The van der Waals surface area contributed by atoms with Gasteiger partial charge in [0.05, 0.1) is 0 Å². The lowest BCUT2D eigenvalue weighted by molar-refractivity contribution is 0.238. The van der Waals surface area contributed by atoms with Crippen molar-refractivity contribution in [3.05, 3.63) is 12.2 Å².